The first-order valence-corrected chi connectivity index (χ1v) is 12.7. The number of benzene rings is 1. The van der Waals surface area contributed by atoms with E-state index in [2.05, 4.69) is 39.4 Å². The molecule has 0 N–H and O–H groups in total. The zero-order valence-electron chi connectivity index (χ0n) is 19.0. The van der Waals surface area contributed by atoms with E-state index >= 15 is 0 Å². The van der Waals surface area contributed by atoms with Crippen LogP contribution in [0.3, 0.4) is 0 Å². The number of ether oxygens (including phenoxy) is 2. The highest BCUT2D eigenvalue weighted by Gasteiger charge is 2.29. The van der Waals surface area contributed by atoms with E-state index in [-0.39, 0.29) is 11.9 Å². The molecule has 2 aliphatic heterocycles. The van der Waals surface area contributed by atoms with Crippen LogP contribution in [0.5, 0.6) is 0 Å². The number of aromatic nitrogens is 2. The second-order valence-corrected chi connectivity index (χ2v) is 9.42. The number of rotatable bonds is 6. The Morgan fingerprint density at radius 3 is 2.61 bits per heavy atom. The van der Waals surface area contributed by atoms with Crippen molar-refractivity contribution in [3.63, 3.8) is 0 Å². The Hall–Kier alpha value is -2.55. The maximum absolute atomic E-state index is 12.2. The standard InChI is InChI=1S/C25H30N4O3S/c1-2-32-25(30)19-8-10-29(11-9-19)23-22-20(18-6-4-3-5-7-18)17-33-24(22)27-21(26-23)16-28-12-14-31-15-13-28/h3-7,17,19H,2,8-16H2,1H3. The van der Waals surface area contributed by atoms with Crippen LogP contribution >= 0.6 is 11.3 Å². The van der Waals surface area contributed by atoms with E-state index in [4.69, 9.17) is 19.4 Å². The molecule has 0 radical (unpaired) electrons. The average molecular weight is 467 g/mol. The van der Waals surface area contributed by atoms with Crippen LogP contribution in [0.1, 0.15) is 25.6 Å². The van der Waals surface area contributed by atoms with Gasteiger partial charge in [0.1, 0.15) is 16.5 Å². The fourth-order valence-electron chi connectivity index (χ4n) is 4.64. The molecule has 2 saturated heterocycles. The van der Waals surface area contributed by atoms with Gasteiger partial charge in [0, 0.05) is 37.1 Å². The lowest BCUT2D eigenvalue weighted by atomic mass is 9.96. The van der Waals surface area contributed by atoms with Crippen molar-refractivity contribution in [3.8, 4) is 11.1 Å². The van der Waals surface area contributed by atoms with Crippen molar-refractivity contribution in [2.24, 2.45) is 5.92 Å². The van der Waals surface area contributed by atoms with E-state index < -0.39 is 0 Å². The van der Waals surface area contributed by atoms with Gasteiger partial charge in [-0.2, -0.15) is 0 Å². The lowest BCUT2D eigenvalue weighted by Crippen LogP contribution is -2.38. The van der Waals surface area contributed by atoms with Crippen LogP contribution in [0, 0.1) is 5.92 Å². The van der Waals surface area contributed by atoms with Gasteiger partial charge in [-0.25, -0.2) is 9.97 Å². The molecule has 3 aromatic rings. The van der Waals surface area contributed by atoms with Crippen LogP contribution in [0.4, 0.5) is 5.82 Å². The van der Waals surface area contributed by atoms with Gasteiger partial charge in [-0.1, -0.05) is 30.3 Å². The summed E-state index contributed by atoms with van der Waals surface area (Å²) in [4.78, 5) is 28.0. The first-order chi connectivity index (χ1) is 16.2. The van der Waals surface area contributed by atoms with Crippen LogP contribution in [0.15, 0.2) is 35.7 Å². The highest BCUT2D eigenvalue weighted by Crippen LogP contribution is 2.39. The number of hydrogen-bond donors (Lipinski definition) is 0. The molecule has 0 bridgehead atoms. The lowest BCUT2D eigenvalue weighted by molar-refractivity contribution is -0.148. The van der Waals surface area contributed by atoms with Gasteiger partial charge < -0.3 is 14.4 Å². The van der Waals surface area contributed by atoms with E-state index in [9.17, 15) is 4.79 Å². The fraction of sp³-hybridized carbons (Fsp3) is 0.480. The summed E-state index contributed by atoms with van der Waals surface area (Å²) >= 11 is 1.68. The molecular weight excluding hydrogens is 436 g/mol. The van der Waals surface area contributed by atoms with E-state index in [1.807, 2.05) is 13.0 Å². The number of carbonyl (C=O) groups is 1. The Balaban J connectivity index is 1.48. The molecule has 4 heterocycles. The van der Waals surface area contributed by atoms with Crippen LogP contribution in [0.2, 0.25) is 0 Å². The summed E-state index contributed by atoms with van der Waals surface area (Å²) < 4.78 is 10.8. The smallest absolute Gasteiger partial charge is 0.309 e. The molecular formula is C25H30N4O3S. The number of piperidine rings is 1. The number of nitrogens with zero attached hydrogens (tertiary/aromatic N) is 4. The molecule has 2 aliphatic rings. The van der Waals surface area contributed by atoms with Crippen molar-refractivity contribution < 1.29 is 14.3 Å². The lowest BCUT2D eigenvalue weighted by Gasteiger charge is -2.33. The summed E-state index contributed by atoms with van der Waals surface area (Å²) in [6, 6.07) is 10.4. The monoisotopic (exact) mass is 466 g/mol. The van der Waals surface area contributed by atoms with Gasteiger partial charge in [0.25, 0.3) is 0 Å². The van der Waals surface area contributed by atoms with Gasteiger partial charge in [0.05, 0.1) is 37.7 Å². The Kier molecular flexibility index (Phi) is 6.85. The molecule has 0 spiro atoms. The SMILES string of the molecule is CCOC(=O)C1CCN(c2nc(CN3CCOCC3)nc3scc(-c4ccccc4)c23)CC1. The normalized spacial score (nSPS) is 18.0. The minimum atomic E-state index is -0.0708. The van der Waals surface area contributed by atoms with Gasteiger partial charge in [0.2, 0.25) is 0 Å². The molecule has 0 amide bonds. The van der Waals surface area contributed by atoms with Gasteiger partial charge >= 0.3 is 5.97 Å². The summed E-state index contributed by atoms with van der Waals surface area (Å²) in [6.07, 6.45) is 1.57. The van der Waals surface area contributed by atoms with Crippen LogP contribution < -0.4 is 4.90 Å². The van der Waals surface area contributed by atoms with Gasteiger partial charge in [-0.15, -0.1) is 11.3 Å². The van der Waals surface area contributed by atoms with E-state index in [0.717, 1.165) is 80.6 Å². The molecule has 0 atom stereocenters. The molecule has 2 fully saturated rings. The van der Waals surface area contributed by atoms with E-state index in [0.29, 0.717) is 6.61 Å². The van der Waals surface area contributed by atoms with Crippen LogP contribution in [-0.4, -0.2) is 66.8 Å². The molecule has 1 aromatic carbocycles. The largest absolute Gasteiger partial charge is 0.466 e. The maximum Gasteiger partial charge on any atom is 0.309 e. The molecule has 0 unspecified atom stereocenters. The topological polar surface area (TPSA) is 67.8 Å². The summed E-state index contributed by atoms with van der Waals surface area (Å²) in [6.45, 7) is 7.93. The second kappa shape index (κ2) is 10.2. The number of thiophene rings is 1. The van der Waals surface area contributed by atoms with E-state index in [1.54, 1.807) is 11.3 Å². The second-order valence-electron chi connectivity index (χ2n) is 8.56. The summed E-state index contributed by atoms with van der Waals surface area (Å²) in [7, 11) is 0. The highest BCUT2D eigenvalue weighted by molar-refractivity contribution is 7.17. The van der Waals surface area contributed by atoms with Gasteiger partial charge in [-0.3, -0.25) is 9.69 Å². The number of hydrogen-bond acceptors (Lipinski definition) is 8. The summed E-state index contributed by atoms with van der Waals surface area (Å²) in [5.41, 5.74) is 2.35. The minimum Gasteiger partial charge on any atom is -0.466 e. The molecule has 7 nitrogen and oxygen atoms in total. The Morgan fingerprint density at radius 1 is 1.12 bits per heavy atom. The molecule has 5 rings (SSSR count). The fourth-order valence-corrected chi connectivity index (χ4v) is 5.60. The van der Waals surface area contributed by atoms with Crippen molar-refractivity contribution >= 4 is 33.3 Å². The molecule has 2 aromatic heterocycles. The third-order valence-corrected chi connectivity index (χ3v) is 7.30. The number of fused-ring (bicyclic) bond motifs is 1. The molecule has 0 aliphatic carbocycles. The summed E-state index contributed by atoms with van der Waals surface area (Å²) in [5.74, 6) is 1.75. The number of morpholine rings is 1. The van der Waals surface area contributed by atoms with Gasteiger partial charge in [0.15, 0.2) is 0 Å². The molecule has 8 heteroatoms. The predicted octanol–water partition coefficient (Wildman–Crippen LogP) is 3.97. The average Bonchev–Trinajstić information content (AvgIpc) is 3.29. The predicted molar refractivity (Wildman–Crippen MR) is 131 cm³/mol. The van der Waals surface area contributed by atoms with Crippen LogP contribution in [-0.2, 0) is 20.8 Å². The highest BCUT2D eigenvalue weighted by atomic mass is 32.1. The zero-order valence-corrected chi connectivity index (χ0v) is 19.9. The van der Waals surface area contributed by atoms with Crippen LogP contribution in [0.25, 0.3) is 21.3 Å². The number of carbonyl (C=O) groups excluding carboxylic acids is 1. The van der Waals surface area contributed by atoms with Crippen molar-refractivity contribution in [1.82, 2.24) is 14.9 Å². The maximum atomic E-state index is 12.2. The first kappa shape index (κ1) is 22.3. The third-order valence-electron chi connectivity index (χ3n) is 6.43. The van der Waals surface area contributed by atoms with Gasteiger partial charge in [-0.05, 0) is 25.3 Å². The molecule has 0 saturated carbocycles. The first-order valence-electron chi connectivity index (χ1n) is 11.8. The molecule has 33 heavy (non-hydrogen) atoms. The summed E-state index contributed by atoms with van der Waals surface area (Å²) in [5, 5.41) is 3.31. The number of esters is 1. The quantitative estimate of drug-likeness (QED) is 0.509. The zero-order chi connectivity index (χ0) is 22.6. The van der Waals surface area contributed by atoms with Crippen molar-refractivity contribution in [2.45, 2.75) is 26.3 Å². The van der Waals surface area contributed by atoms with Crippen molar-refractivity contribution in [3.05, 3.63) is 41.5 Å². The van der Waals surface area contributed by atoms with Crippen molar-refractivity contribution in [2.75, 3.05) is 50.9 Å². The Bertz CT molecular complexity index is 1090. The Labute approximate surface area is 198 Å². The minimum absolute atomic E-state index is 0.0255. The van der Waals surface area contributed by atoms with Crippen molar-refractivity contribution in [1.29, 1.82) is 0 Å². The third kappa shape index (κ3) is 4.88. The Morgan fingerprint density at radius 2 is 1.88 bits per heavy atom. The number of anilines is 1. The van der Waals surface area contributed by atoms with E-state index in [1.165, 1.54) is 11.1 Å². The molecule has 174 valence electrons.